The zero-order valence-electron chi connectivity index (χ0n) is 8.99. The molecule has 2 N–H and O–H groups in total. The lowest BCUT2D eigenvalue weighted by atomic mass is 10.1. The molecule has 0 aromatic heterocycles. The number of phenolic OH excluding ortho intramolecular Hbond substituents is 1. The van der Waals surface area contributed by atoms with Crippen molar-refractivity contribution in [2.24, 2.45) is 0 Å². The molecule has 15 heavy (non-hydrogen) atoms. The Morgan fingerprint density at radius 2 is 2.07 bits per heavy atom. The summed E-state index contributed by atoms with van der Waals surface area (Å²) < 4.78 is 5.30. The van der Waals surface area contributed by atoms with Crippen molar-refractivity contribution in [2.75, 3.05) is 18.5 Å². The van der Waals surface area contributed by atoms with E-state index in [2.05, 4.69) is 5.32 Å². The minimum atomic E-state index is 0.354. The van der Waals surface area contributed by atoms with Gasteiger partial charge in [-0.25, -0.2) is 0 Å². The Morgan fingerprint density at radius 1 is 1.33 bits per heavy atom. The van der Waals surface area contributed by atoms with Crippen molar-refractivity contribution in [3.8, 4) is 5.75 Å². The quantitative estimate of drug-likeness (QED) is 0.731. The number of hydrogen-bond acceptors (Lipinski definition) is 3. The summed E-state index contributed by atoms with van der Waals surface area (Å²) in [4.78, 5) is 0. The van der Waals surface area contributed by atoms with Crippen molar-refractivity contribution in [2.45, 2.75) is 25.8 Å². The zero-order chi connectivity index (χ0) is 10.7. The molecule has 0 bridgehead atoms. The van der Waals surface area contributed by atoms with Gasteiger partial charge in [0.05, 0.1) is 0 Å². The van der Waals surface area contributed by atoms with Crippen LogP contribution >= 0.6 is 0 Å². The third-order valence-electron chi connectivity index (χ3n) is 2.79. The van der Waals surface area contributed by atoms with E-state index in [9.17, 15) is 5.11 Å². The minimum Gasteiger partial charge on any atom is -0.508 e. The van der Waals surface area contributed by atoms with E-state index in [1.165, 1.54) is 0 Å². The number of hydrogen-bond donors (Lipinski definition) is 2. The molecule has 1 heterocycles. The molecule has 1 aliphatic heterocycles. The second kappa shape index (κ2) is 4.53. The van der Waals surface area contributed by atoms with Gasteiger partial charge in [0, 0.05) is 24.9 Å². The second-order valence-corrected chi connectivity index (χ2v) is 4.03. The Balaban J connectivity index is 2.00. The van der Waals surface area contributed by atoms with Crippen molar-refractivity contribution < 1.29 is 9.84 Å². The van der Waals surface area contributed by atoms with E-state index in [0.29, 0.717) is 11.8 Å². The first-order valence-corrected chi connectivity index (χ1v) is 5.39. The van der Waals surface area contributed by atoms with E-state index < -0.39 is 0 Å². The van der Waals surface area contributed by atoms with Gasteiger partial charge < -0.3 is 15.2 Å². The molecule has 1 saturated heterocycles. The Morgan fingerprint density at radius 3 is 2.73 bits per heavy atom. The van der Waals surface area contributed by atoms with Crippen LogP contribution in [0.2, 0.25) is 0 Å². The molecule has 0 amide bonds. The van der Waals surface area contributed by atoms with E-state index in [1.807, 2.05) is 19.1 Å². The molecule has 82 valence electrons. The molecular weight excluding hydrogens is 190 g/mol. The molecular formula is C12H17NO2. The first kappa shape index (κ1) is 10.3. The molecule has 0 unspecified atom stereocenters. The minimum absolute atomic E-state index is 0.354. The normalized spacial score (nSPS) is 17.7. The Kier molecular flexibility index (Phi) is 3.11. The van der Waals surface area contributed by atoms with E-state index in [-0.39, 0.29) is 0 Å². The van der Waals surface area contributed by atoms with Crippen LogP contribution in [0, 0.1) is 6.92 Å². The lowest BCUT2D eigenvalue weighted by Gasteiger charge is -2.24. The van der Waals surface area contributed by atoms with Gasteiger partial charge in [-0.15, -0.1) is 0 Å². The van der Waals surface area contributed by atoms with Crippen LogP contribution in [0.5, 0.6) is 5.75 Å². The highest BCUT2D eigenvalue weighted by Gasteiger charge is 2.13. The molecule has 1 aromatic carbocycles. The predicted molar refractivity (Wildman–Crippen MR) is 60.3 cm³/mol. The summed E-state index contributed by atoms with van der Waals surface area (Å²) >= 11 is 0. The maximum Gasteiger partial charge on any atom is 0.118 e. The van der Waals surface area contributed by atoms with Crippen molar-refractivity contribution in [1.29, 1.82) is 0 Å². The Hall–Kier alpha value is -1.22. The van der Waals surface area contributed by atoms with Gasteiger partial charge >= 0.3 is 0 Å². The molecule has 0 atom stereocenters. The number of benzene rings is 1. The van der Waals surface area contributed by atoms with Crippen molar-refractivity contribution in [3.63, 3.8) is 0 Å². The summed E-state index contributed by atoms with van der Waals surface area (Å²) in [5.41, 5.74) is 1.99. The highest BCUT2D eigenvalue weighted by Crippen LogP contribution is 2.22. The maximum absolute atomic E-state index is 9.40. The SMILES string of the molecule is Cc1cc(NC2CCOCC2)ccc1O. The number of nitrogens with one attached hydrogen (secondary N) is 1. The van der Waals surface area contributed by atoms with Gasteiger partial charge in [0.25, 0.3) is 0 Å². The first-order chi connectivity index (χ1) is 7.25. The molecule has 1 fully saturated rings. The van der Waals surface area contributed by atoms with Gasteiger partial charge in [0.2, 0.25) is 0 Å². The standard InChI is InChI=1S/C12H17NO2/c1-9-8-11(2-3-12(9)14)13-10-4-6-15-7-5-10/h2-3,8,10,13-14H,4-7H2,1H3. The van der Waals surface area contributed by atoms with Gasteiger partial charge in [-0.2, -0.15) is 0 Å². The summed E-state index contributed by atoms with van der Waals surface area (Å²) in [6.45, 7) is 3.59. The van der Waals surface area contributed by atoms with Crippen molar-refractivity contribution in [3.05, 3.63) is 23.8 Å². The Labute approximate surface area is 90.1 Å². The van der Waals surface area contributed by atoms with Gasteiger partial charge in [-0.3, -0.25) is 0 Å². The van der Waals surface area contributed by atoms with E-state index in [1.54, 1.807) is 6.07 Å². The van der Waals surface area contributed by atoms with Gasteiger partial charge in [0.1, 0.15) is 5.75 Å². The van der Waals surface area contributed by atoms with E-state index in [4.69, 9.17) is 4.74 Å². The summed E-state index contributed by atoms with van der Waals surface area (Å²) in [6.07, 6.45) is 2.11. The van der Waals surface area contributed by atoms with Crippen LogP contribution in [0.4, 0.5) is 5.69 Å². The molecule has 1 aliphatic rings. The van der Waals surface area contributed by atoms with Gasteiger partial charge in [-0.05, 0) is 43.5 Å². The zero-order valence-corrected chi connectivity index (χ0v) is 8.99. The maximum atomic E-state index is 9.40. The smallest absolute Gasteiger partial charge is 0.118 e. The van der Waals surface area contributed by atoms with Crippen LogP contribution in [-0.2, 0) is 4.74 Å². The first-order valence-electron chi connectivity index (χ1n) is 5.39. The van der Waals surface area contributed by atoms with Crippen LogP contribution in [0.15, 0.2) is 18.2 Å². The number of aromatic hydroxyl groups is 1. The molecule has 0 saturated carbocycles. The van der Waals surface area contributed by atoms with E-state index >= 15 is 0 Å². The number of anilines is 1. The lowest BCUT2D eigenvalue weighted by molar-refractivity contribution is 0.0904. The number of phenols is 1. The van der Waals surface area contributed by atoms with Gasteiger partial charge in [-0.1, -0.05) is 0 Å². The lowest BCUT2D eigenvalue weighted by Crippen LogP contribution is -2.27. The summed E-state index contributed by atoms with van der Waals surface area (Å²) in [7, 11) is 0. The third kappa shape index (κ3) is 2.63. The van der Waals surface area contributed by atoms with Crippen molar-refractivity contribution in [1.82, 2.24) is 0 Å². The monoisotopic (exact) mass is 207 g/mol. The summed E-state index contributed by atoms with van der Waals surface area (Å²) in [5.74, 6) is 0.354. The van der Waals surface area contributed by atoms with Crippen LogP contribution in [0.25, 0.3) is 0 Å². The molecule has 0 spiro atoms. The third-order valence-corrected chi connectivity index (χ3v) is 2.79. The average molecular weight is 207 g/mol. The molecule has 0 aliphatic carbocycles. The topological polar surface area (TPSA) is 41.5 Å². The average Bonchev–Trinajstić information content (AvgIpc) is 2.25. The molecule has 1 aromatic rings. The number of rotatable bonds is 2. The summed E-state index contributed by atoms with van der Waals surface area (Å²) in [6, 6.07) is 6.13. The number of ether oxygens (including phenoxy) is 1. The second-order valence-electron chi connectivity index (χ2n) is 4.03. The highest BCUT2D eigenvalue weighted by atomic mass is 16.5. The fourth-order valence-electron chi connectivity index (χ4n) is 1.82. The van der Waals surface area contributed by atoms with Crippen LogP contribution in [-0.4, -0.2) is 24.4 Å². The molecule has 0 radical (unpaired) electrons. The van der Waals surface area contributed by atoms with E-state index in [0.717, 1.165) is 37.3 Å². The highest BCUT2D eigenvalue weighted by molar-refractivity contribution is 5.50. The van der Waals surface area contributed by atoms with Gasteiger partial charge in [0.15, 0.2) is 0 Å². The molecule has 2 rings (SSSR count). The Bertz CT molecular complexity index is 332. The molecule has 3 nitrogen and oxygen atoms in total. The van der Waals surface area contributed by atoms with Crippen LogP contribution < -0.4 is 5.32 Å². The number of aryl methyl sites for hydroxylation is 1. The molecule has 3 heteroatoms. The largest absolute Gasteiger partial charge is 0.508 e. The fourth-order valence-corrected chi connectivity index (χ4v) is 1.82. The van der Waals surface area contributed by atoms with Crippen molar-refractivity contribution >= 4 is 5.69 Å². The van der Waals surface area contributed by atoms with Crippen LogP contribution in [0.1, 0.15) is 18.4 Å². The van der Waals surface area contributed by atoms with Crippen LogP contribution in [0.3, 0.4) is 0 Å². The summed E-state index contributed by atoms with van der Waals surface area (Å²) in [5, 5.41) is 12.9. The predicted octanol–water partition coefficient (Wildman–Crippen LogP) is 2.29. The fraction of sp³-hybridized carbons (Fsp3) is 0.500.